The van der Waals surface area contributed by atoms with Crippen molar-refractivity contribution in [1.82, 2.24) is 0 Å². The van der Waals surface area contributed by atoms with Gasteiger partial charge in [0.2, 0.25) is 0 Å². The van der Waals surface area contributed by atoms with Crippen LogP contribution in [0.2, 0.25) is 0 Å². The second kappa shape index (κ2) is 21.4. The summed E-state index contributed by atoms with van der Waals surface area (Å²) in [6.45, 7) is 8.77. The minimum Gasteiger partial charge on any atom is -0.328 e. The molecule has 1 nitrogen and oxygen atoms in total. The molecule has 28 heavy (non-hydrogen) atoms. The van der Waals surface area contributed by atoms with E-state index in [9.17, 15) is 0 Å². The monoisotopic (exact) mass is 394 g/mol. The average Bonchev–Trinajstić information content (AvgIpc) is 2.67. The maximum absolute atomic E-state index is 3.83. The third kappa shape index (κ3) is 22.0. The Morgan fingerprint density at radius 3 is 1.18 bits per heavy atom. The fourth-order valence-electron chi connectivity index (χ4n) is 4.22. The maximum Gasteiger partial charge on any atom is 0.0785 e. The van der Waals surface area contributed by atoms with E-state index in [1.54, 1.807) is 0 Å². The van der Waals surface area contributed by atoms with Crippen molar-refractivity contribution in [1.29, 1.82) is 0 Å². The summed E-state index contributed by atoms with van der Waals surface area (Å²) in [5.74, 6) is 0. The second-order valence-corrected chi connectivity index (χ2v) is 9.82. The fourth-order valence-corrected chi connectivity index (χ4v) is 4.22. The first kappa shape index (κ1) is 27.7. The van der Waals surface area contributed by atoms with Crippen LogP contribution in [0.4, 0.5) is 0 Å². The molecule has 0 atom stereocenters. The van der Waals surface area contributed by atoms with Gasteiger partial charge in [0.15, 0.2) is 0 Å². The van der Waals surface area contributed by atoms with E-state index < -0.39 is 0 Å². The van der Waals surface area contributed by atoms with Gasteiger partial charge in [0.1, 0.15) is 0 Å². The molecule has 0 N–H and O–H groups in total. The number of quaternary nitrogens is 1. The van der Waals surface area contributed by atoms with Gasteiger partial charge in [-0.15, -0.1) is 6.58 Å². The van der Waals surface area contributed by atoms with Gasteiger partial charge < -0.3 is 4.48 Å². The summed E-state index contributed by atoms with van der Waals surface area (Å²) in [6, 6.07) is 0. The van der Waals surface area contributed by atoms with Crippen LogP contribution >= 0.6 is 0 Å². The Hall–Kier alpha value is -0.300. The minimum atomic E-state index is 1.17. The number of nitrogens with zero attached hydrogens (tertiary/aromatic N) is 1. The predicted molar refractivity (Wildman–Crippen MR) is 130 cm³/mol. The molecule has 0 aromatic heterocycles. The summed E-state index contributed by atoms with van der Waals surface area (Å²) in [7, 11) is 4.77. The van der Waals surface area contributed by atoms with Crippen LogP contribution in [-0.2, 0) is 0 Å². The number of hydrogen-bond acceptors (Lipinski definition) is 0. The standard InChI is InChI=1S/C27H56N/c1-5-7-9-10-11-12-13-14-15-16-17-18-19-20-21-22-23-25-27-28(3,4)26-24-8-6-2/h6H,2,5,7-27H2,1,3-4H3/q+1. The van der Waals surface area contributed by atoms with E-state index in [2.05, 4.69) is 33.7 Å². The molecule has 0 saturated carbocycles. The molecule has 0 radical (unpaired) electrons. The Balaban J connectivity index is 3.16. The molecule has 0 unspecified atom stereocenters. The van der Waals surface area contributed by atoms with E-state index in [1.165, 1.54) is 146 Å². The van der Waals surface area contributed by atoms with Gasteiger partial charge in [0, 0.05) is 0 Å². The fraction of sp³-hybridized carbons (Fsp3) is 0.926. The van der Waals surface area contributed by atoms with Crippen LogP contribution in [0, 0.1) is 0 Å². The van der Waals surface area contributed by atoms with Crippen molar-refractivity contribution in [3.63, 3.8) is 0 Å². The lowest BCUT2D eigenvalue weighted by Crippen LogP contribution is -2.41. The van der Waals surface area contributed by atoms with Crippen molar-refractivity contribution in [2.75, 3.05) is 27.2 Å². The average molecular weight is 395 g/mol. The van der Waals surface area contributed by atoms with E-state index in [-0.39, 0.29) is 0 Å². The molecular weight excluding hydrogens is 338 g/mol. The van der Waals surface area contributed by atoms with Gasteiger partial charge in [0.05, 0.1) is 27.2 Å². The maximum atomic E-state index is 3.83. The summed E-state index contributed by atoms with van der Waals surface area (Å²) < 4.78 is 1.19. The van der Waals surface area contributed by atoms with Crippen molar-refractivity contribution < 1.29 is 4.48 Å². The van der Waals surface area contributed by atoms with Crippen molar-refractivity contribution >= 4 is 0 Å². The Morgan fingerprint density at radius 1 is 0.500 bits per heavy atom. The zero-order valence-electron chi connectivity index (χ0n) is 20.3. The number of rotatable bonds is 23. The van der Waals surface area contributed by atoms with Gasteiger partial charge >= 0.3 is 0 Å². The third-order valence-electron chi connectivity index (χ3n) is 6.29. The summed E-state index contributed by atoms with van der Waals surface area (Å²) in [5, 5.41) is 0. The molecule has 0 aliphatic carbocycles. The van der Waals surface area contributed by atoms with Crippen molar-refractivity contribution in [3.8, 4) is 0 Å². The highest BCUT2D eigenvalue weighted by Gasteiger charge is 2.12. The highest BCUT2D eigenvalue weighted by molar-refractivity contribution is 4.65. The van der Waals surface area contributed by atoms with Crippen LogP contribution in [0.3, 0.4) is 0 Å². The molecule has 0 spiro atoms. The first-order valence-corrected chi connectivity index (χ1v) is 13.1. The van der Waals surface area contributed by atoms with Crippen LogP contribution < -0.4 is 0 Å². The number of allylic oxidation sites excluding steroid dienone is 1. The number of unbranched alkanes of at least 4 members (excludes halogenated alkanes) is 18. The molecule has 0 aliphatic rings. The summed E-state index contributed by atoms with van der Waals surface area (Å²) in [4.78, 5) is 0. The quantitative estimate of drug-likeness (QED) is 0.0920. The Bertz CT molecular complexity index is 307. The Labute approximate surface area is 180 Å². The zero-order valence-corrected chi connectivity index (χ0v) is 20.3. The van der Waals surface area contributed by atoms with Crippen LogP contribution in [0.25, 0.3) is 0 Å². The van der Waals surface area contributed by atoms with Gasteiger partial charge in [-0.05, 0) is 25.7 Å². The lowest BCUT2D eigenvalue weighted by Gasteiger charge is -2.29. The molecule has 0 saturated heterocycles. The van der Waals surface area contributed by atoms with E-state index in [0.717, 1.165) is 0 Å². The van der Waals surface area contributed by atoms with Gasteiger partial charge in [-0.25, -0.2) is 0 Å². The molecule has 0 aromatic rings. The topological polar surface area (TPSA) is 0 Å². The van der Waals surface area contributed by atoms with Gasteiger partial charge in [-0.1, -0.05) is 116 Å². The van der Waals surface area contributed by atoms with Crippen molar-refractivity contribution in [2.24, 2.45) is 0 Å². The highest BCUT2D eigenvalue weighted by atomic mass is 15.3. The lowest BCUT2D eigenvalue weighted by molar-refractivity contribution is -0.890. The predicted octanol–water partition coefficient (Wildman–Crippen LogP) is 9.07. The highest BCUT2D eigenvalue weighted by Crippen LogP contribution is 2.14. The summed E-state index contributed by atoms with van der Waals surface area (Å²) in [5.41, 5.74) is 0. The summed E-state index contributed by atoms with van der Waals surface area (Å²) >= 11 is 0. The van der Waals surface area contributed by atoms with Gasteiger partial charge in [-0.3, -0.25) is 0 Å². The van der Waals surface area contributed by atoms with Gasteiger partial charge in [-0.2, -0.15) is 0 Å². The van der Waals surface area contributed by atoms with Crippen molar-refractivity contribution in [3.05, 3.63) is 12.7 Å². The van der Waals surface area contributed by atoms with Crippen LogP contribution in [0.15, 0.2) is 12.7 Å². The van der Waals surface area contributed by atoms with Gasteiger partial charge in [0.25, 0.3) is 0 Å². The van der Waals surface area contributed by atoms with Crippen LogP contribution in [-0.4, -0.2) is 31.7 Å². The van der Waals surface area contributed by atoms with Crippen molar-refractivity contribution in [2.45, 2.75) is 135 Å². The largest absolute Gasteiger partial charge is 0.328 e. The molecule has 0 fully saturated rings. The molecule has 0 rings (SSSR count). The molecule has 0 bridgehead atoms. The Morgan fingerprint density at radius 2 is 0.821 bits per heavy atom. The normalized spacial score (nSPS) is 11.8. The summed E-state index contributed by atoms with van der Waals surface area (Å²) in [6.07, 6.45) is 30.8. The van der Waals surface area contributed by atoms with Crippen LogP contribution in [0.5, 0.6) is 0 Å². The van der Waals surface area contributed by atoms with E-state index in [4.69, 9.17) is 0 Å². The first-order chi connectivity index (χ1) is 13.6. The molecule has 1 heteroatoms. The first-order valence-electron chi connectivity index (χ1n) is 13.1. The van der Waals surface area contributed by atoms with E-state index in [1.807, 2.05) is 0 Å². The van der Waals surface area contributed by atoms with E-state index in [0.29, 0.717) is 0 Å². The minimum absolute atomic E-state index is 1.17. The molecule has 0 amide bonds. The molecule has 0 heterocycles. The molecule has 168 valence electrons. The molecule has 0 aliphatic heterocycles. The number of hydrogen-bond donors (Lipinski definition) is 0. The Kier molecular flexibility index (Phi) is 21.2. The smallest absolute Gasteiger partial charge is 0.0785 e. The van der Waals surface area contributed by atoms with Crippen LogP contribution in [0.1, 0.15) is 135 Å². The molecule has 0 aromatic carbocycles. The SMILES string of the molecule is C=CCCC[N+](C)(C)CCCCCCCCCCCCCCCCCCCC. The molecular formula is C27H56N+. The second-order valence-electron chi connectivity index (χ2n) is 9.82. The third-order valence-corrected chi connectivity index (χ3v) is 6.29. The lowest BCUT2D eigenvalue weighted by atomic mass is 10.0. The zero-order chi connectivity index (χ0) is 20.8. The van der Waals surface area contributed by atoms with E-state index >= 15 is 0 Å².